The first-order chi connectivity index (χ1) is 24.2. The molecule has 4 heterocycles. The monoisotopic (exact) mass is 950 g/mol. The van der Waals surface area contributed by atoms with Gasteiger partial charge >= 0.3 is 23.9 Å². The Morgan fingerprint density at radius 1 is 0.426 bits per heavy atom. The summed E-state index contributed by atoms with van der Waals surface area (Å²) < 4.78 is 17.7. The van der Waals surface area contributed by atoms with Gasteiger partial charge in [0.05, 0.1) is 54.6 Å². The molecule has 26 heteroatoms. The van der Waals surface area contributed by atoms with Crippen LogP contribution in [0.1, 0.15) is 27.7 Å². The molecular weight excluding hydrogens is 910 g/mol. The van der Waals surface area contributed by atoms with Gasteiger partial charge in [-0.15, -0.1) is 0 Å². The van der Waals surface area contributed by atoms with Crippen molar-refractivity contribution in [2.75, 3.05) is 54.6 Å². The van der Waals surface area contributed by atoms with Crippen LogP contribution in [0.4, 0.5) is 0 Å². The average molecular weight is 950 g/mol. The maximum Gasteiger partial charge on any atom is 0.332 e. The molecular formula is C28H40N8O16Rh2. The molecule has 4 N–H and O–H groups in total. The number of rotatable bonds is 4. The van der Waals surface area contributed by atoms with Crippen LogP contribution in [0, 0.1) is 0 Å². The van der Waals surface area contributed by atoms with Crippen LogP contribution in [0.2, 0.25) is 0 Å². The standard InChI is InChI=1S/4C7H10N2O4.2Rh/c4*1-4(10)9-3-5(6(11)13-2)8-7(9)12;;/h4*5H,3H2,1-2H3,(H,8,12);;/t4*5-;;/m0000../s1. The van der Waals surface area contributed by atoms with Crippen molar-refractivity contribution in [3.05, 3.63) is 0 Å². The molecule has 0 bridgehead atoms. The van der Waals surface area contributed by atoms with Gasteiger partial charge in [-0.05, 0) is 0 Å². The number of aliphatic hydroxyl groups is 4. The van der Waals surface area contributed by atoms with E-state index in [9.17, 15) is 38.4 Å². The van der Waals surface area contributed by atoms with Crippen molar-refractivity contribution in [3.8, 4) is 0 Å². The summed E-state index contributed by atoms with van der Waals surface area (Å²) in [4.78, 5) is 106. The van der Waals surface area contributed by atoms with Crippen LogP contribution < -0.4 is 0 Å². The first-order valence-corrected chi connectivity index (χ1v) is 14.7. The molecule has 0 spiro atoms. The third-order valence-corrected chi connectivity index (χ3v) is 6.89. The summed E-state index contributed by atoms with van der Waals surface area (Å²) in [6.07, 6.45) is 0. The van der Waals surface area contributed by atoms with Crippen molar-refractivity contribution >= 4 is 71.6 Å². The van der Waals surface area contributed by atoms with E-state index >= 15 is 0 Å². The molecule has 24 nitrogen and oxygen atoms in total. The number of aliphatic imine (C=N–C) groups is 4. The van der Waals surface area contributed by atoms with E-state index in [1.165, 1.54) is 56.1 Å². The zero-order valence-electron chi connectivity index (χ0n) is 30.1. The largest absolute Gasteiger partial charge is 0.480 e. The Hall–Kier alpha value is -5.11. The smallest absolute Gasteiger partial charge is 0.332 e. The van der Waals surface area contributed by atoms with Crippen LogP contribution in [-0.4, -0.2) is 190 Å². The second-order valence-electron chi connectivity index (χ2n) is 10.4. The summed E-state index contributed by atoms with van der Waals surface area (Å²) >= 11 is 0. The van der Waals surface area contributed by atoms with Crippen molar-refractivity contribution < 1.29 is 117 Å². The Morgan fingerprint density at radius 3 is 0.667 bits per heavy atom. The Kier molecular flexibility index (Phi) is 22.2. The zero-order chi connectivity index (χ0) is 40.0. The topological polar surface area (TPSA) is 317 Å². The van der Waals surface area contributed by atoms with Gasteiger partial charge in [-0.1, -0.05) is 0 Å². The summed E-state index contributed by atoms with van der Waals surface area (Å²) in [5.41, 5.74) is 0. The summed E-state index contributed by atoms with van der Waals surface area (Å²) in [5.74, 6) is -3.66. The van der Waals surface area contributed by atoms with E-state index in [0.29, 0.717) is 0 Å². The van der Waals surface area contributed by atoms with E-state index in [1.807, 2.05) is 0 Å². The molecule has 4 aliphatic rings. The van der Waals surface area contributed by atoms with Crippen LogP contribution in [0.3, 0.4) is 0 Å². The molecule has 0 fully saturated rings. The molecule has 0 saturated heterocycles. The predicted molar refractivity (Wildman–Crippen MR) is 173 cm³/mol. The molecule has 0 aromatic carbocycles. The number of carbonyl (C=O) groups excluding carboxylic acids is 8. The van der Waals surface area contributed by atoms with Crippen LogP contribution in [-0.2, 0) is 96.3 Å². The van der Waals surface area contributed by atoms with Crippen molar-refractivity contribution in [2.45, 2.75) is 51.9 Å². The summed E-state index contributed by atoms with van der Waals surface area (Å²) in [6, 6.07) is -4.90. The summed E-state index contributed by atoms with van der Waals surface area (Å²) in [7, 11) is 4.91. The third-order valence-electron chi connectivity index (χ3n) is 6.89. The molecule has 2 radical (unpaired) electrons. The fraction of sp³-hybridized carbons (Fsp3) is 0.571. The molecule has 306 valence electrons. The second-order valence-corrected chi connectivity index (χ2v) is 10.4. The quantitative estimate of drug-likeness (QED) is 0.126. The molecule has 0 aromatic rings. The molecule has 4 aliphatic heterocycles. The SMILES string of the molecule is COC(=O)[C@@H]1CN(C(C)=O)C(O)=N1.COC(=O)[C@@H]1CN(C(C)=O)C(O)=N1.COC(=O)[C@@H]1CN(C(C)=O)C(O)=N1.COC(=O)[C@@H]1CN(C(C)=O)C(O)=N1.[Rh].[Rh]. The molecule has 0 aromatic heterocycles. The van der Waals surface area contributed by atoms with Gasteiger partial charge in [0.15, 0.2) is 24.2 Å². The molecule has 4 rings (SSSR count). The zero-order valence-corrected chi connectivity index (χ0v) is 33.3. The molecule has 0 saturated carbocycles. The maximum atomic E-state index is 10.9. The van der Waals surface area contributed by atoms with E-state index < -0.39 is 72.1 Å². The van der Waals surface area contributed by atoms with E-state index in [4.69, 9.17) is 20.4 Å². The van der Waals surface area contributed by atoms with Crippen molar-refractivity contribution in [2.24, 2.45) is 20.0 Å². The van der Waals surface area contributed by atoms with Crippen molar-refractivity contribution in [1.82, 2.24) is 19.6 Å². The van der Waals surface area contributed by atoms with E-state index in [2.05, 4.69) is 38.9 Å². The normalized spacial score (nSPS) is 20.4. The fourth-order valence-corrected chi connectivity index (χ4v) is 4.15. The van der Waals surface area contributed by atoms with Gasteiger partial charge in [0.25, 0.3) is 24.1 Å². The first kappa shape index (κ1) is 51.0. The van der Waals surface area contributed by atoms with Crippen LogP contribution in [0.15, 0.2) is 20.0 Å². The average Bonchev–Trinajstić information content (AvgIpc) is 3.89. The number of esters is 4. The van der Waals surface area contributed by atoms with Gasteiger partial charge in [0, 0.05) is 66.7 Å². The Balaban J connectivity index is 0. The Labute approximate surface area is 333 Å². The first-order valence-electron chi connectivity index (χ1n) is 14.7. The third kappa shape index (κ3) is 14.4. The van der Waals surface area contributed by atoms with Gasteiger partial charge in [-0.3, -0.25) is 38.8 Å². The number of amidine groups is 4. The molecule has 4 amide bonds. The number of ether oxygens (including phenoxy) is 4. The van der Waals surface area contributed by atoms with Gasteiger partial charge in [-0.25, -0.2) is 39.1 Å². The maximum absolute atomic E-state index is 10.9. The molecule has 0 unspecified atom stereocenters. The minimum atomic E-state index is -0.797. The van der Waals surface area contributed by atoms with E-state index in [1.54, 1.807) is 0 Å². The minimum absolute atomic E-state index is 0. The number of amides is 4. The fourth-order valence-electron chi connectivity index (χ4n) is 4.15. The van der Waals surface area contributed by atoms with Crippen molar-refractivity contribution in [3.63, 3.8) is 0 Å². The van der Waals surface area contributed by atoms with Crippen molar-refractivity contribution in [1.29, 1.82) is 0 Å². The number of hydrogen-bond donors (Lipinski definition) is 4. The number of methoxy groups -OCH3 is 4. The number of hydrogen-bond acceptors (Lipinski definition) is 16. The number of carbonyl (C=O) groups is 8. The Bertz CT molecular complexity index is 1330. The summed E-state index contributed by atoms with van der Waals surface area (Å²) in [6.45, 7) is 5.33. The number of nitrogens with zero attached hydrogens (tertiary/aromatic N) is 8. The number of aliphatic hydroxyl groups excluding tert-OH is 4. The molecule has 0 aliphatic carbocycles. The van der Waals surface area contributed by atoms with Gasteiger partial charge in [-0.2, -0.15) is 0 Å². The van der Waals surface area contributed by atoms with Gasteiger partial charge in [0.1, 0.15) is 0 Å². The Morgan fingerprint density at radius 2 is 0.574 bits per heavy atom. The van der Waals surface area contributed by atoms with E-state index in [0.717, 1.165) is 19.6 Å². The second kappa shape index (κ2) is 23.5. The van der Waals surface area contributed by atoms with Crippen LogP contribution in [0.25, 0.3) is 0 Å². The summed E-state index contributed by atoms with van der Waals surface area (Å²) in [5, 5.41) is 36.5. The van der Waals surface area contributed by atoms with Crippen LogP contribution >= 0.6 is 0 Å². The molecule has 54 heavy (non-hydrogen) atoms. The van der Waals surface area contributed by atoms with Crippen LogP contribution in [0.5, 0.6) is 0 Å². The predicted octanol–water partition coefficient (Wildman–Crippen LogP) is -2.79. The minimum Gasteiger partial charge on any atom is -0.480 e. The molecule has 4 atom stereocenters. The van der Waals surface area contributed by atoms with Gasteiger partial charge < -0.3 is 39.4 Å². The van der Waals surface area contributed by atoms with Gasteiger partial charge in [0.2, 0.25) is 23.6 Å². The van der Waals surface area contributed by atoms with E-state index in [-0.39, 0.29) is 88.8 Å².